The lowest BCUT2D eigenvalue weighted by molar-refractivity contribution is 0.0511. The van der Waals surface area contributed by atoms with Gasteiger partial charge < -0.3 is 9.47 Å². The van der Waals surface area contributed by atoms with E-state index in [4.69, 9.17) is 32.7 Å². The highest BCUT2D eigenvalue weighted by Crippen LogP contribution is 2.27. The third-order valence-electron chi connectivity index (χ3n) is 4.46. The first kappa shape index (κ1) is 25.4. The maximum absolute atomic E-state index is 11.7. The lowest BCUT2D eigenvalue weighted by Crippen LogP contribution is -2.14. The Balaban J connectivity index is 0.000000196. The zero-order chi connectivity index (χ0) is 25.0. The Morgan fingerprint density at radius 2 is 1.44 bits per heavy atom. The summed E-state index contributed by atoms with van der Waals surface area (Å²) in [4.78, 5) is 31.4. The van der Waals surface area contributed by atoms with Gasteiger partial charge >= 0.3 is 11.9 Å². The van der Waals surface area contributed by atoms with Gasteiger partial charge in [0.1, 0.15) is 10.3 Å². The van der Waals surface area contributed by atoms with Gasteiger partial charge in [0.15, 0.2) is 22.7 Å². The van der Waals surface area contributed by atoms with Crippen LogP contribution in [-0.2, 0) is 14.9 Å². The zero-order valence-corrected chi connectivity index (χ0v) is 20.9. The van der Waals surface area contributed by atoms with Crippen LogP contribution in [0.15, 0.2) is 30.6 Å². The topological polar surface area (TPSA) is 113 Å². The number of fused-ring (bicyclic) bond motifs is 2. The number of hydrogen-bond donors (Lipinski definition) is 0. The van der Waals surface area contributed by atoms with Crippen molar-refractivity contribution < 1.29 is 19.1 Å². The first-order chi connectivity index (χ1) is 16.0. The van der Waals surface area contributed by atoms with E-state index in [9.17, 15) is 9.59 Å². The van der Waals surface area contributed by atoms with Crippen molar-refractivity contribution in [1.29, 1.82) is 0 Å². The third kappa shape index (κ3) is 5.81. The lowest BCUT2D eigenvalue weighted by atomic mass is 9.88. The van der Waals surface area contributed by atoms with Crippen LogP contribution >= 0.6 is 23.2 Å². The number of esters is 2. The van der Waals surface area contributed by atoms with Crippen molar-refractivity contribution in [2.75, 3.05) is 13.2 Å². The monoisotopic (exact) mass is 506 g/mol. The fourth-order valence-electron chi connectivity index (χ4n) is 2.96. The molecule has 4 aromatic rings. The summed E-state index contributed by atoms with van der Waals surface area (Å²) in [5.74, 6) is -0.914. The predicted molar refractivity (Wildman–Crippen MR) is 127 cm³/mol. The summed E-state index contributed by atoms with van der Waals surface area (Å²) in [5.41, 5.74) is 2.43. The molecular weight excluding hydrogens is 483 g/mol. The Morgan fingerprint density at radius 3 is 2.03 bits per heavy atom. The molecule has 0 N–H and O–H groups in total. The molecule has 0 bridgehead atoms. The van der Waals surface area contributed by atoms with Gasteiger partial charge in [-0.05, 0) is 37.5 Å². The van der Waals surface area contributed by atoms with E-state index in [-0.39, 0.29) is 16.8 Å². The van der Waals surface area contributed by atoms with Crippen LogP contribution in [0.5, 0.6) is 0 Å². The molecule has 4 rings (SSSR count). The molecule has 0 unspecified atom stereocenters. The second-order valence-electron chi connectivity index (χ2n) is 8.05. The molecule has 34 heavy (non-hydrogen) atoms. The van der Waals surface area contributed by atoms with Crippen molar-refractivity contribution in [2.45, 2.75) is 40.0 Å². The quantitative estimate of drug-likeness (QED) is 0.373. The van der Waals surface area contributed by atoms with Crippen molar-refractivity contribution >= 4 is 46.4 Å². The van der Waals surface area contributed by atoms with E-state index in [0.717, 1.165) is 5.56 Å². The summed E-state index contributed by atoms with van der Waals surface area (Å²) in [6.07, 6.45) is 3.02. The van der Waals surface area contributed by atoms with Gasteiger partial charge in [-0.3, -0.25) is 0 Å². The Hall–Kier alpha value is -3.24. The van der Waals surface area contributed by atoms with Crippen LogP contribution < -0.4 is 0 Å². The highest BCUT2D eigenvalue weighted by molar-refractivity contribution is 6.29. The van der Waals surface area contributed by atoms with Gasteiger partial charge in [-0.2, -0.15) is 10.2 Å². The number of carbonyl (C=O) groups excluding carboxylic acids is 2. The van der Waals surface area contributed by atoms with E-state index in [0.29, 0.717) is 34.8 Å². The van der Waals surface area contributed by atoms with E-state index in [2.05, 4.69) is 40.9 Å². The number of imidazole rings is 2. The number of rotatable bonds is 4. The van der Waals surface area contributed by atoms with Crippen molar-refractivity contribution in [3.05, 3.63) is 57.9 Å². The van der Waals surface area contributed by atoms with E-state index in [1.807, 2.05) is 0 Å². The van der Waals surface area contributed by atoms with Gasteiger partial charge in [-0.25, -0.2) is 28.6 Å². The van der Waals surface area contributed by atoms with Crippen molar-refractivity contribution in [2.24, 2.45) is 0 Å². The van der Waals surface area contributed by atoms with Gasteiger partial charge in [0.05, 0.1) is 25.6 Å². The van der Waals surface area contributed by atoms with Crippen LogP contribution in [0.3, 0.4) is 0 Å². The Labute approximate surface area is 205 Å². The fraction of sp³-hybridized carbons (Fsp3) is 0.364. The number of carbonyl (C=O) groups is 2. The molecule has 0 aliphatic rings. The Morgan fingerprint density at radius 1 is 0.882 bits per heavy atom. The predicted octanol–water partition coefficient (Wildman–Crippen LogP) is 4.42. The summed E-state index contributed by atoms with van der Waals surface area (Å²) in [6, 6.07) is 5.07. The number of hydrogen-bond acceptors (Lipinski definition) is 8. The maximum atomic E-state index is 11.7. The number of halogens is 2. The first-order valence-electron chi connectivity index (χ1n) is 10.5. The molecule has 0 amide bonds. The maximum Gasteiger partial charge on any atom is 0.358 e. The molecule has 0 atom stereocenters. The van der Waals surface area contributed by atoms with Gasteiger partial charge in [0.2, 0.25) is 0 Å². The number of ether oxygens (including phenoxy) is 2. The minimum atomic E-state index is -0.459. The van der Waals surface area contributed by atoms with E-state index in [1.165, 1.54) is 21.4 Å². The lowest BCUT2D eigenvalue weighted by Gasteiger charge is -2.19. The second kappa shape index (κ2) is 10.4. The molecule has 4 heterocycles. The molecule has 0 aliphatic carbocycles. The van der Waals surface area contributed by atoms with Crippen LogP contribution in [0.4, 0.5) is 0 Å². The van der Waals surface area contributed by atoms with E-state index < -0.39 is 11.9 Å². The molecule has 12 heteroatoms. The number of aromatic nitrogens is 6. The molecular formula is C22H24Cl2N6O4. The van der Waals surface area contributed by atoms with E-state index in [1.54, 1.807) is 32.0 Å². The molecule has 0 saturated heterocycles. The number of nitrogens with zero attached hydrogens (tertiary/aromatic N) is 6. The average molecular weight is 507 g/mol. The molecule has 4 aromatic heterocycles. The van der Waals surface area contributed by atoms with Crippen LogP contribution in [0.2, 0.25) is 10.3 Å². The summed E-state index contributed by atoms with van der Waals surface area (Å²) in [7, 11) is 0. The van der Waals surface area contributed by atoms with Gasteiger partial charge in [0.25, 0.3) is 0 Å². The smallest absolute Gasteiger partial charge is 0.358 e. The van der Waals surface area contributed by atoms with Gasteiger partial charge in [-0.15, -0.1) is 0 Å². The van der Waals surface area contributed by atoms with Crippen molar-refractivity contribution in [3.8, 4) is 0 Å². The van der Waals surface area contributed by atoms with Gasteiger partial charge in [-0.1, -0.05) is 44.0 Å². The highest BCUT2D eigenvalue weighted by Gasteiger charge is 2.22. The van der Waals surface area contributed by atoms with Crippen LogP contribution in [0.25, 0.3) is 11.3 Å². The molecule has 180 valence electrons. The molecule has 0 saturated carbocycles. The average Bonchev–Trinajstić information content (AvgIpc) is 3.37. The first-order valence-corrected chi connectivity index (χ1v) is 11.2. The zero-order valence-electron chi connectivity index (χ0n) is 19.4. The molecule has 0 fully saturated rings. The highest BCUT2D eigenvalue weighted by atomic mass is 35.5. The summed E-state index contributed by atoms with van der Waals surface area (Å²) >= 11 is 11.7. The van der Waals surface area contributed by atoms with Crippen LogP contribution in [-0.4, -0.2) is 54.3 Å². The molecule has 0 aromatic carbocycles. The minimum Gasteiger partial charge on any atom is -0.461 e. The summed E-state index contributed by atoms with van der Waals surface area (Å²) in [5, 5.41) is 8.78. The molecule has 0 aliphatic heterocycles. The molecule has 0 spiro atoms. The molecule has 0 radical (unpaired) electrons. The normalized spacial score (nSPS) is 11.3. The van der Waals surface area contributed by atoms with Crippen LogP contribution in [0.1, 0.15) is 61.2 Å². The third-order valence-corrected chi connectivity index (χ3v) is 4.85. The van der Waals surface area contributed by atoms with E-state index >= 15 is 0 Å². The summed E-state index contributed by atoms with van der Waals surface area (Å²) < 4.78 is 12.7. The Kier molecular flexibility index (Phi) is 7.73. The SMILES string of the molecule is CCOC(=O)c1cn2nc(Cl)cc(C(C)(C)C)c2n1.CCOC(=O)c1cn2nc(Cl)ccc2n1. The van der Waals surface area contributed by atoms with Crippen molar-refractivity contribution in [3.63, 3.8) is 0 Å². The fourth-order valence-corrected chi connectivity index (χ4v) is 3.30. The standard InChI is InChI=1S/C13H16ClN3O2.C9H8ClN3O2/c1-5-19-12(18)9-7-17-11(15-9)8(13(2,3)4)6-10(14)16-17;1-2-15-9(14)6-5-13-8(11-6)4-3-7(10)12-13/h6-7H,5H2,1-4H3;3-5H,2H2,1H3. The summed E-state index contributed by atoms with van der Waals surface area (Å²) in [6.45, 7) is 10.3. The second-order valence-corrected chi connectivity index (χ2v) is 8.83. The van der Waals surface area contributed by atoms with Crippen molar-refractivity contribution in [1.82, 2.24) is 29.2 Å². The molecule has 10 nitrogen and oxygen atoms in total. The largest absolute Gasteiger partial charge is 0.461 e. The minimum absolute atomic E-state index is 0.148. The Bertz CT molecular complexity index is 1340. The van der Waals surface area contributed by atoms with Crippen LogP contribution in [0, 0.1) is 0 Å². The van der Waals surface area contributed by atoms with Gasteiger partial charge in [0, 0.05) is 5.56 Å².